The molecule has 4 heteroatoms. The van der Waals surface area contributed by atoms with E-state index in [0.717, 1.165) is 51.3 Å². The van der Waals surface area contributed by atoms with Crippen LogP contribution in [0.5, 0.6) is 11.5 Å². The molecular formula is C42H29N3O. The van der Waals surface area contributed by atoms with E-state index in [1.54, 1.807) is 0 Å². The third-order valence-electron chi connectivity index (χ3n) is 8.73. The number of anilines is 6. The zero-order valence-electron chi connectivity index (χ0n) is 25.0. The molecule has 9 rings (SSSR count). The molecular weight excluding hydrogens is 562 g/mol. The summed E-state index contributed by atoms with van der Waals surface area (Å²) in [5.74, 6) is 1.64. The summed E-state index contributed by atoms with van der Waals surface area (Å²) in [5, 5.41) is 2.43. The highest BCUT2D eigenvalue weighted by Gasteiger charge is 2.27. The standard InChI is InChI=1S/C42H29N3O/c1-4-14-30(15-5-1)43(33-24-26-38-36(28-33)35-20-10-11-21-37(35)44(38)31-16-6-2-7-17-31)34-25-27-40-42(29-34)46-41-23-13-12-22-39(41)45(40)32-18-8-3-9-19-32/h1-29H. The number of fused-ring (bicyclic) bond motifs is 5. The third kappa shape index (κ3) is 4.23. The van der Waals surface area contributed by atoms with Gasteiger partial charge in [-0.1, -0.05) is 84.9 Å². The van der Waals surface area contributed by atoms with E-state index in [0.29, 0.717) is 0 Å². The van der Waals surface area contributed by atoms with Gasteiger partial charge < -0.3 is 19.1 Å². The summed E-state index contributed by atoms with van der Waals surface area (Å²) < 4.78 is 8.95. The van der Waals surface area contributed by atoms with Gasteiger partial charge in [0.15, 0.2) is 11.5 Å². The summed E-state index contributed by atoms with van der Waals surface area (Å²) in [6.07, 6.45) is 0. The van der Waals surface area contributed by atoms with E-state index < -0.39 is 0 Å². The zero-order valence-corrected chi connectivity index (χ0v) is 25.0. The van der Waals surface area contributed by atoms with Gasteiger partial charge in [-0.15, -0.1) is 0 Å². The van der Waals surface area contributed by atoms with Crippen molar-refractivity contribution in [3.05, 3.63) is 176 Å². The number of nitrogens with zero attached hydrogens (tertiary/aromatic N) is 3. The van der Waals surface area contributed by atoms with E-state index in [1.807, 2.05) is 18.2 Å². The van der Waals surface area contributed by atoms with Gasteiger partial charge in [0.2, 0.25) is 0 Å². The third-order valence-corrected chi connectivity index (χ3v) is 8.73. The van der Waals surface area contributed by atoms with E-state index in [9.17, 15) is 0 Å². The van der Waals surface area contributed by atoms with E-state index in [2.05, 4.69) is 172 Å². The van der Waals surface area contributed by atoms with Gasteiger partial charge in [-0.2, -0.15) is 0 Å². The van der Waals surface area contributed by atoms with Gasteiger partial charge in [0.05, 0.1) is 22.4 Å². The number of benzene rings is 7. The molecule has 2 heterocycles. The Morgan fingerprint density at radius 3 is 1.78 bits per heavy atom. The highest BCUT2D eigenvalue weighted by molar-refractivity contribution is 6.10. The minimum Gasteiger partial charge on any atom is -0.453 e. The van der Waals surface area contributed by atoms with Crippen LogP contribution in [0.2, 0.25) is 0 Å². The maximum atomic E-state index is 6.60. The molecule has 218 valence electrons. The molecule has 0 amide bonds. The summed E-state index contributed by atoms with van der Waals surface area (Å²) >= 11 is 0. The second-order valence-corrected chi connectivity index (χ2v) is 11.5. The molecule has 1 aliphatic heterocycles. The number of ether oxygens (including phenoxy) is 1. The molecule has 1 aliphatic rings. The van der Waals surface area contributed by atoms with Crippen molar-refractivity contribution >= 4 is 55.9 Å². The van der Waals surface area contributed by atoms with Crippen molar-refractivity contribution < 1.29 is 4.74 Å². The minimum absolute atomic E-state index is 0.808. The molecule has 8 aromatic rings. The molecule has 0 N–H and O–H groups in total. The summed E-state index contributed by atoms with van der Waals surface area (Å²) in [4.78, 5) is 4.58. The first-order chi connectivity index (χ1) is 22.8. The molecule has 0 bridgehead atoms. The fraction of sp³-hybridized carbons (Fsp3) is 0. The topological polar surface area (TPSA) is 20.6 Å². The Bertz CT molecular complexity index is 2350. The molecule has 46 heavy (non-hydrogen) atoms. The van der Waals surface area contributed by atoms with Crippen LogP contribution in [0.3, 0.4) is 0 Å². The molecule has 0 atom stereocenters. The SMILES string of the molecule is c1ccc(N(c2ccc3c(c2)Oc2ccccc2N3c2ccccc2)c2ccc3c(c2)c2ccccc2n3-c2ccccc2)cc1. The second kappa shape index (κ2) is 10.7. The lowest BCUT2D eigenvalue weighted by atomic mass is 10.1. The van der Waals surface area contributed by atoms with E-state index in [4.69, 9.17) is 4.74 Å². The first kappa shape index (κ1) is 26.2. The van der Waals surface area contributed by atoms with Crippen LogP contribution in [0.1, 0.15) is 0 Å². The average Bonchev–Trinajstić information content (AvgIpc) is 3.45. The van der Waals surface area contributed by atoms with Crippen LogP contribution in [0.15, 0.2) is 176 Å². The largest absolute Gasteiger partial charge is 0.453 e. The lowest BCUT2D eigenvalue weighted by Gasteiger charge is -2.34. The Balaban J connectivity index is 1.23. The Morgan fingerprint density at radius 2 is 0.978 bits per heavy atom. The van der Waals surface area contributed by atoms with Gasteiger partial charge in [0.25, 0.3) is 0 Å². The molecule has 0 unspecified atom stereocenters. The predicted molar refractivity (Wildman–Crippen MR) is 190 cm³/mol. The zero-order chi connectivity index (χ0) is 30.5. The fourth-order valence-corrected chi connectivity index (χ4v) is 6.72. The van der Waals surface area contributed by atoms with Crippen LogP contribution in [0.25, 0.3) is 27.5 Å². The minimum atomic E-state index is 0.808. The van der Waals surface area contributed by atoms with Crippen LogP contribution in [-0.2, 0) is 0 Å². The molecule has 0 aliphatic carbocycles. The van der Waals surface area contributed by atoms with Crippen LogP contribution < -0.4 is 14.5 Å². The van der Waals surface area contributed by atoms with Crippen LogP contribution >= 0.6 is 0 Å². The Labute approximate surface area is 267 Å². The summed E-state index contributed by atoms with van der Waals surface area (Å²) in [6, 6.07) is 61.8. The van der Waals surface area contributed by atoms with Gasteiger partial charge in [-0.05, 0) is 84.9 Å². The normalized spacial score (nSPS) is 12.0. The van der Waals surface area contributed by atoms with Crippen LogP contribution in [0.4, 0.5) is 34.1 Å². The predicted octanol–water partition coefficient (Wildman–Crippen LogP) is 11.8. The molecule has 1 aromatic heterocycles. The number of hydrogen-bond acceptors (Lipinski definition) is 3. The second-order valence-electron chi connectivity index (χ2n) is 11.5. The van der Waals surface area contributed by atoms with Gasteiger partial charge in [0, 0.05) is 45.3 Å². The molecule has 0 saturated carbocycles. The lowest BCUT2D eigenvalue weighted by Crippen LogP contribution is -2.16. The number of aromatic nitrogens is 1. The quantitative estimate of drug-likeness (QED) is 0.199. The number of rotatable bonds is 5. The van der Waals surface area contributed by atoms with Gasteiger partial charge >= 0.3 is 0 Å². The van der Waals surface area contributed by atoms with Crippen molar-refractivity contribution in [3.8, 4) is 17.2 Å². The average molecular weight is 592 g/mol. The van der Waals surface area contributed by atoms with Crippen LogP contribution in [0, 0.1) is 0 Å². The highest BCUT2D eigenvalue weighted by Crippen LogP contribution is 2.52. The number of hydrogen-bond donors (Lipinski definition) is 0. The van der Waals surface area contributed by atoms with Crippen molar-refractivity contribution in [1.29, 1.82) is 0 Å². The van der Waals surface area contributed by atoms with Crippen molar-refractivity contribution in [2.24, 2.45) is 0 Å². The number of para-hydroxylation sites is 6. The fourth-order valence-electron chi connectivity index (χ4n) is 6.72. The molecule has 0 saturated heterocycles. The molecule has 0 fully saturated rings. The van der Waals surface area contributed by atoms with E-state index >= 15 is 0 Å². The Kier molecular flexibility index (Phi) is 6.10. The monoisotopic (exact) mass is 591 g/mol. The summed E-state index contributed by atoms with van der Waals surface area (Å²) in [7, 11) is 0. The highest BCUT2D eigenvalue weighted by atomic mass is 16.5. The first-order valence-corrected chi connectivity index (χ1v) is 15.5. The van der Waals surface area contributed by atoms with E-state index in [1.165, 1.54) is 21.8 Å². The van der Waals surface area contributed by atoms with Gasteiger partial charge in [-0.25, -0.2) is 0 Å². The van der Waals surface area contributed by atoms with Crippen LogP contribution in [-0.4, -0.2) is 4.57 Å². The summed E-state index contributed by atoms with van der Waals surface area (Å²) in [6.45, 7) is 0. The molecule has 4 nitrogen and oxygen atoms in total. The lowest BCUT2D eigenvalue weighted by molar-refractivity contribution is 0.477. The first-order valence-electron chi connectivity index (χ1n) is 15.5. The maximum Gasteiger partial charge on any atom is 0.153 e. The van der Waals surface area contributed by atoms with E-state index in [-0.39, 0.29) is 0 Å². The molecule has 0 radical (unpaired) electrons. The molecule has 7 aromatic carbocycles. The van der Waals surface area contributed by atoms with Gasteiger partial charge in [-0.3, -0.25) is 0 Å². The van der Waals surface area contributed by atoms with Crippen molar-refractivity contribution in [2.75, 3.05) is 9.80 Å². The maximum absolute atomic E-state index is 6.60. The Morgan fingerprint density at radius 1 is 0.391 bits per heavy atom. The van der Waals surface area contributed by atoms with Gasteiger partial charge in [0.1, 0.15) is 0 Å². The Hall–Kier alpha value is -6.26. The summed E-state index contributed by atoms with van der Waals surface area (Å²) in [5.41, 5.74) is 9.79. The van der Waals surface area contributed by atoms with Crippen molar-refractivity contribution in [3.63, 3.8) is 0 Å². The van der Waals surface area contributed by atoms with Crippen molar-refractivity contribution in [2.45, 2.75) is 0 Å². The smallest absolute Gasteiger partial charge is 0.153 e. The van der Waals surface area contributed by atoms with Crippen molar-refractivity contribution in [1.82, 2.24) is 4.57 Å². The molecule has 0 spiro atoms.